The number of hydrogen-bond donors (Lipinski definition) is 1. The molecule has 0 aromatic heterocycles. The molecule has 4 aliphatic heterocycles. The van der Waals surface area contributed by atoms with Gasteiger partial charge in [-0.25, -0.2) is 0 Å². The van der Waals surface area contributed by atoms with Gasteiger partial charge in [-0.1, -0.05) is 141 Å². The molecule has 0 aromatic carbocycles. The summed E-state index contributed by atoms with van der Waals surface area (Å²) in [4.78, 5) is 59.6. The number of aliphatic carboxylic acids is 1. The number of carbonyl (C=O) groups is 5. The van der Waals surface area contributed by atoms with E-state index in [2.05, 4.69) is 90.0 Å². The average molecular weight is 1370 g/mol. The van der Waals surface area contributed by atoms with Gasteiger partial charge in [0.25, 0.3) is 0 Å². The van der Waals surface area contributed by atoms with E-state index in [4.69, 9.17) is 28.4 Å². The molecule has 0 amide bonds. The summed E-state index contributed by atoms with van der Waals surface area (Å²) in [5.41, 5.74) is -0.751. The molecule has 98 heavy (non-hydrogen) atoms. The fourth-order valence-electron chi connectivity index (χ4n) is 26.4. The van der Waals surface area contributed by atoms with E-state index >= 15 is 0 Å². The van der Waals surface area contributed by atoms with Crippen molar-refractivity contribution in [2.75, 3.05) is 13.2 Å². The van der Waals surface area contributed by atoms with Crippen molar-refractivity contribution in [2.45, 2.75) is 345 Å². The fraction of sp³-hybridized carbons (Fsp3) is 0.942. The molecule has 0 radical (unpaired) electrons. The molecule has 12 heteroatoms. The normalized spacial score (nSPS) is 44.8. The molecule has 15 aliphatic rings. The van der Waals surface area contributed by atoms with Gasteiger partial charge in [-0.3, -0.25) is 24.0 Å². The molecule has 4 heterocycles. The van der Waals surface area contributed by atoms with Gasteiger partial charge in [-0.05, 0) is 280 Å². The Labute approximate surface area is 596 Å². The largest absolute Gasteiger partial charge is 0.481 e. The molecule has 6 bridgehead atoms. The minimum Gasteiger partial charge on any atom is -0.481 e. The van der Waals surface area contributed by atoms with E-state index < -0.39 is 5.97 Å². The zero-order chi connectivity index (χ0) is 70.7. The quantitative estimate of drug-likeness (QED) is 0.109. The number of cyclic esters (lactones) is 2. The number of carboxylic acids is 1. The van der Waals surface area contributed by atoms with E-state index in [1.807, 2.05) is 20.8 Å². The molecular weight excluding hydrogens is 1220 g/mol. The van der Waals surface area contributed by atoms with Crippen LogP contribution in [0.1, 0.15) is 310 Å². The highest BCUT2D eigenvalue weighted by Gasteiger charge is 2.64. The molecule has 560 valence electrons. The predicted molar refractivity (Wildman–Crippen MR) is 388 cm³/mol. The molecule has 30 atom stereocenters. The Hall–Kier alpha value is -2.73. The van der Waals surface area contributed by atoms with Crippen molar-refractivity contribution in [1.82, 2.24) is 0 Å². The SMILES string of the molecule is CCC1CC(CC)C(C(=O)OC2(CC)CCCC2)C1.CCC1CC(CC)C2C3CC(CC3C(=O)O)C12.CCC1CC(CC)C2C3CC(CC3C(=O)OC(C)(C)C)C12.CCC1CC(CC)C2C3CCC(C3)C12.CCC1CC2(CCOC2=O)C(CC)O1.CCC1OC(CC)C2C(=O)OCC12. The van der Waals surface area contributed by atoms with Crippen molar-refractivity contribution in [3.8, 4) is 0 Å². The number of fused-ring (bicyclic) bond motifs is 16. The van der Waals surface area contributed by atoms with Gasteiger partial charge in [-0.15, -0.1) is 0 Å². The Balaban J connectivity index is 0.000000128. The van der Waals surface area contributed by atoms with Crippen LogP contribution in [-0.2, 0) is 52.4 Å². The topological polar surface area (TPSA) is 161 Å². The number of esters is 4. The fourth-order valence-corrected chi connectivity index (χ4v) is 26.4. The van der Waals surface area contributed by atoms with Crippen LogP contribution >= 0.6 is 0 Å². The first-order chi connectivity index (χ1) is 47.0. The van der Waals surface area contributed by atoms with Crippen LogP contribution in [0, 0.1) is 153 Å². The molecule has 15 rings (SSSR count). The van der Waals surface area contributed by atoms with Crippen LogP contribution in [0.4, 0.5) is 0 Å². The highest BCUT2D eigenvalue weighted by atomic mass is 16.6. The van der Waals surface area contributed by atoms with E-state index in [9.17, 15) is 29.1 Å². The highest BCUT2D eigenvalue weighted by molar-refractivity contribution is 5.80. The van der Waals surface area contributed by atoms with Crippen molar-refractivity contribution in [3.63, 3.8) is 0 Å². The summed E-state index contributed by atoms with van der Waals surface area (Å²) in [6, 6.07) is 0. The monoisotopic (exact) mass is 1370 g/mol. The summed E-state index contributed by atoms with van der Waals surface area (Å²) in [6.07, 6.45) is 38.2. The van der Waals surface area contributed by atoms with Crippen molar-refractivity contribution in [2.24, 2.45) is 153 Å². The molecule has 4 saturated heterocycles. The number of ether oxygens (including phenoxy) is 6. The number of carbonyl (C=O) groups excluding carboxylic acids is 4. The number of rotatable bonds is 17. The van der Waals surface area contributed by atoms with E-state index in [1.54, 1.807) is 25.7 Å². The van der Waals surface area contributed by atoms with Crippen molar-refractivity contribution in [1.29, 1.82) is 0 Å². The molecule has 11 saturated carbocycles. The van der Waals surface area contributed by atoms with Crippen LogP contribution in [0.3, 0.4) is 0 Å². The lowest BCUT2D eigenvalue weighted by molar-refractivity contribution is -0.166. The van der Waals surface area contributed by atoms with Gasteiger partial charge in [0.2, 0.25) is 0 Å². The summed E-state index contributed by atoms with van der Waals surface area (Å²) < 4.78 is 33.5. The van der Waals surface area contributed by atoms with Crippen LogP contribution in [0.25, 0.3) is 0 Å². The third-order valence-electron chi connectivity index (χ3n) is 31.0. The van der Waals surface area contributed by atoms with Crippen molar-refractivity contribution >= 4 is 29.8 Å². The third kappa shape index (κ3) is 15.6. The maximum absolute atomic E-state index is 12.6. The third-order valence-corrected chi connectivity index (χ3v) is 31.0. The summed E-state index contributed by atoms with van der Waals surface area (Å²) in [5, 5.41) is 9.34. The lowest BCUT2D eigenvalue weighted by Crippen LogP contribution is -2.37. The number of hydrogen-bond acceptors (Lipinski definition) is 11. The lowest BCUT2D eigenvalue weighted by atomic mass is 9.70. The van der Waals surface area contributed by atoms with Gasteiger partial charge >= 0.3 is 29.8 Å². The second kappa shape index (κ2) is 33.6. The molecule has 1 spiro atoms. The first-order valence-electron chi connectivity index (χ1n) is 42.3. The second-order valence-electron chi connectivity index (χ2n) is 36.2. The summed E-state index contributed by atoms with van der Waals surface area (Å²) in [6.45, 7) is 36.2. The number of carboxylic acid groups (broad SMARTS) is 1. The lowest BCUT2D eigenvalue weighted by Gasteiger charge is -2.35. The van der Waals surface area contributed by atoms with Crippen LogP contribution in [0.15, 0.2) is 0 Å². The molecule has 12 nitrogen and oxygen atoms in total. The molecule has 15 fully saturated rings. The Kier molecular flexibility index (Phi) is 26.7. The van der Waals surface area contributed by atoms with Gasteiger partial charge in [0.15, 0.2) is 0 Å². The Bertz CT molecular complexity index is 2580. The first-order valence-corrected chi connectivity index (χ1v) is 42.3. The van der Waals surface area contributed by atoms with E-state index in [0.29, 0.717) is 36.9 Å². The predicted octanol–water partition coefficient (Wildman–Crippen LogP) is 20.2. The second-order valence-corrected chi connectivity index (χ2v) is 36.2. The maximum Gasteiger partial charge on any atom is 0.314 e. The van der Waals surface area contributed by atoms with Gasteiger partial charge < -0.3 is 33.5 Å². The van der Waals surface area contributed by atoms with Gasteiger partial charge in [0.05, 0.1) is 66.7 Å². The van der Waals surface area contributed by atoms with Crippen LogP contribution in [0.2, 0.25) is 0 Å². The molecule has 30 unspecified atom stereocenters. The molecule has 11 aliphatic carbocycles. The van der Waals surface area contributed by atoms with E-state index in [1.165, 1.54) is 102 Å². The van der Waals surface area contributed by atoms with E-state index in [-0.39, 0.29) is 88.6 Å². The Morgan fingerprint density at radius 2 is 0.990 bits per heavy atom. The van der Waals surface area contributed by atoms with Crippen molar-refractivity contribution in [3.05, 3.63) is 0 Å². The standard InChI is InChI=1S/C19H32O2.C17H30O2.C15H24O2.C14H24.C11H18O3.C10H16O3/c1-6-11-8-12(7-2)17-14-9-13(16(11)17)10-15(14)18(20)21-19(3,4)5;1-4-13-11-14(5-2)15(12-13)16(18)19-17(6-3)9-7-8-10-17;1-3-8-5-9(4-2)14-11-6-10(13(8)14)7-12(11)15(16)17;1-3-9-7-10(4-2)14-12-6-5-11(8-12)13(9)14;1-3-8-7-11(9(4-2)14-8)5-6-13-10(11)12;1-3-7-6-5-12-10(11)9(6)8(4-2)13-7/h11-17H,6-10H2,1-5H3;13-15H,4-12H2,1-3H3;8-14H,3-7H2,1-2H3,(H,16,17);9-14H,3-8H2,1-2H3;8-9H,3-7H2,1-2H3;6-9H,3-5H2,1-2H3. The molecule has 1 N–H and O–H groups in total. The van der Waals surface area contributed by atoms with Crippen LogP contribution < -0.4 is 0 Å². The minimum absolute atomic E-state index is 0.00842. The summed E-state index contributed by atoms with van der Waals surface area (Å²) in [7, 11) is 0. The molecular formula is C86H144O12. The average Bonchev–Trinajstić information content (AvgIpc) is 1.58. The van der Waals surface area contributed by atoms with Crippen LogP contribution in [-0.4, -0.2) is 83.8 Å². The van der Waals surface area contributed by atoms with Gasteiger partial charge in [0.1, 0.15) is 11.2 Å². The summed E-state index contributed by atoms with van der Waals surface area (Å²) >= 11 is 0. The maximum atomic E-state index is 12.6. The minimum atomic E-state index is -0.522. The molecule has 0 aromatic rings. The van der Waals surface area contributed by atoms with Crippen molar-refractivity contribution < 1.29 is 57.5 Å². The first kappa shape index (κ1) is 77.9. The van der Waals surface area contributed by atoms with Crippen LogP contribution in [0.5, 0.6) is 0 Å². The Morgan fingerprint density at radius 1 is 0.480 bits per heavy atom. The van der Waals surface area contributed by atoms with Gasteiger partial charge in [0, 0.05) is 12.3 Å². The zero-order valence-electron chi connectivity index (χ0n) is 65.0. The highest BCUT2D eigenvalue weighted by Crippen LogP contribution is 2.68. The van der Waals surface area contributed by atoms with E-state index in [0.717, 1.165) is 172 Å². The zero-order valence-corrected chi connectivity index (χ0v) is 65.0. The summed E-state index contributed by atoms with van der Waals surface area (Å²) in [5.74, 6) is 18.1. The van der Waals surface area contributed by atoms with Gasteiger partial charge in [-0.2, -0.15) is 0 Å². The Morgan fingerprint density at radius 3 is 1.44 bits per heavy atom. The smallest absolute Gasteiger partial charge is 0.314 e.